The second-order valence-corrected chi connectivity index (χ2v) is 3.92. The minimum Gasteiger partial charge on any atom is -0.508 e. The van der Waals surface area contributed by atoms with Gasteiger partial charge in [0.1, 0.15) is 11.5 Å². The molecule has 3 heteroatoms. The standard InChI is InChI=1S/C12H17NO2/c1-15-11-4-2-3-10(14)12(11)9-5-7-13-8-6-9/h2-4,9,13-14H,5-8H2,1H3. The number of benzene rings is 1. The lowest BCUT2D eigenvalue weighted by atomic mass is 9.89. The molecule has 0 bridgehead atoms. The number of nitrogens with one attached hydrogen (secondary N) is 1. The topological polar surface area (TPSA) is 41.5 Å². The highest BCUT2D eigenvalue weighted by Gasteiger charge is 2.21. The van der Waals surface area contributed by atoms with E-state index in [1.807, 2.05) is 12.1 Å². The molecule has 0 amide bonds. The molecule has 0 aliphatic carbocycles. The Kier molecular flexibility index (Phi) is 3.11. The van der Waals surface area contributed by atoms with Crippen LogP contribution in [0.1, 0.15) is 24.3 Å². The quantitative estimate of drug-likeness (QED) is 0.778. The van der Waals surface area contributed by atoms with Crippen LogP contribution < -0.4 is 10.1 Å². The van der Waals surface area contributed by atoms with Gasteiger partial charge < -0.3 is 15.2 Å². The Bertz CT molecular complexity index is 332. The van der Waals surface area contributed by atoms with Crippen LogP contribution in [0.15, 0.2) is 18.2 Å². The monoisotopic (exact) mass is 207 g/mol. The van der Waals surface area contributed by atoms with Crippen molar-refractivity contribution < 1.29 is 9.84 Å². The number of piperidine rings is 1. The van der Waals surface area contributed by atoms with Crippen LogP contribution in [-0.4, -0.2) is 25.3 Å². The summed E-state index contributed by atoms with van der Waals surface area (Å²) in [6.07, 6.45) is 2.13. The van der Waals surface area contributed by atoms with Crippen LogP contribution in [0.25, 0.3) is 0 Å². The molecule has 3 nitrogen and oxygen atoms in total. The molecule has 15 heavy (non-hydrogen) atoms. The molecule has 1 aliphatic heterocycles. The third-order valence-corrected chi connectivity index (χ3v) is 3.01. The highest BCUT2D eigenvalue weighted by molar-refractivity contribution is 5.46. The largest absolute Gasteiger partial charge is 0.508 e. The Labute approximate surface area is 90.1 Å². The molecule has 82 valence electrons. The summed E-state index contributed by atoms with van der Waals surface area (Å²) in [4.78, 5) is 0. The molecule has 1 saturated heterocycles. The lowest BCUT2D eigenvalue weighted by Gasteiger charge is -2.25. The maximum absolute atomic E-state index is 9.87. The smallest absolute Gasteiger partial charge is 0.126 e. The first kappa shape index (κ1) is 10.3. The number of hydrogen-bond donors (Lipinski definition) is 2. The molecular formula is C12H17NO2. The van der Waals surface area contributed by atoms with Crippen LogP contribution in [0.5, 0.6) is 11.5 Å². The predicted octanol–water partition coefficient (Wildman–Crippen LogP) is 1.87. The summed E-state index contributed by atoms with van der Waals surface area (Å²) < 4.78 is 5.30. The minimum atomic E-state index is 0.362. The van der Waals surface area contributed by atoms with Crippen LogP contribution >= 0.6 is 0 Å². The van der Waals surface area contributed by atoms with Gasteiger partial charge in [0.05, 0.1) is 7.11 Å². The number of hydrogen-bond acceptors (Lipinski definition) is 3. The van der Waals surface area contributed by atoms with E-state index in [2.05, 4.69) is 5.32 Å². The zero-order valence-electron chi connectivity index (χ0n) is 8.99. The van der Waals surface area contributed by atoms with Gasteiger partial charge in [-0.1, -0.05) is 6.07 Å². The summed E-state index contributed by atoms with van der Waals surface area (Å²) in [6, 6.07) is 5.47. The first-order valence-electron chi connectivity index (χ1n) is 5.39. The van der Waals surface area contributed by atoms with Gasteiger partial charge >= 0.3 is 0 Å². The van der Waals surface area contributed by atoms with E-state index in [9.17, 15) is 5.11 Å². The van der Waals surface area contributed by atoms with Crippen molar-refractivity contribution in [3.05, 3.63) is 23.8 Å². The van der Waals surface area contributed by atoms with Gasteiger partial charge in [0, 0.05) is 5.56 Å². The number of rotatable bonds is 2. The average molecular weight is 207 g/mol. The van der Waals surface area contributed by atoms with Gasteiger partial charge in [-0.2, -0.15) is 0 Å². The number of ether oxygens (including phenoxy) is 1. The normalized spacial score (nSPS) is 17.7. The highest BCUT2D eigenvalue weighted by atomic mass is 16.5. The predicted molar refractivity (Wildman–Crippen MR) is 59.5 cm³/mol. The summed E-state index contributed by atoms with van der Waals surface area (Å²) in [5.74, 6) is 1.59. The van der Waals surface area contributed by atoms with Crippen LogP contribution in [0.4, 0.5) is 0 Å². The van der Waals surface area contributed by atoms with Gasteiger partial charge in [-0.05, 0) is 44.0 Å². The minimum absolute atomic E-state index is 0.362. The Morgan fingerprint density at radius 2 is 2.07 bits per heavy atom. The van der Waals surface area contributed by atoms with Crippen molar-refractivity contribution in [1.82, 2.24) is 5.32 Å². The average Bonchev–Trinajstić information content (AvgIpc) is 2.29. The molecular weight excluding hydrogens is 190 g/mol. The number of methoxy groups -OCH3 is 1. The summed E-state index contributed by atoms with van der Waals surface area (Å²) in [5.41, 5.74) is 0.974. The van der Waals surface area contributed by atoms with Gasteiger partial charge in [-0.15, -0.1) is 0 Å². The maximum atomic E-state index is 9.87. The SMILES string of the molecule is COc1cccc(O)c1C1CCNCC1. The molecule has 1 aromatic rings. The third-order valence-electron chi connectivity index (χ3n) is 3.01. The third kappa shape index (κ3) is 2.07. The molecule has 0 atom stereocenters. The van der Waals surface area contributed by atoms with Crippen molar-refractivity contribution in [1.29, 1.82) is 0 Å². The highest BCUT2D eigenvalue weighted by Crippen LogP contribution is 2.38. The Balaban J connectivity index is 2.31. The van der Waals surface area contributed by atoms with E-state index < -0.39 is 0 Å². The van der Waals surface area contributed by atoms with Crippen molar-refractivity contribution in [2.75, 3.05) is 20.2 Å². The van der Waals surface area contributed by atoms with Crippen molar-refractivity contribution >= 4 is 0 Å². The molecule has 1 heterocycles. The fourth-order valence-corrected chi connectivity index (χ4v) is 2.23. The molecule has 2 N–H and O–H groups in total. The van der Waals surface area contributed by atoms with Crippen LogP contribution in [0.3, 0.4) is 0 Å². The van der Waals surface area contributed by atoms with E-state index in [0.717, 1.165) is 37.2 Å². The Morgan fingerprint density at radius 3 is 2.73 bits per heavy atom. The Morgan fingerprint density at radius 1 is 1.33 bits per heavy atom. The first-order chi connectivity index (χ1) is 7.33. The molecule has 0 radical (unpaired) electrons. The molecule has 0 spiro atoms. The first-order valence-corrected chi connectivity index (χ1v) is 5.39. The molecule has 0 saturated carbocycles. The van der Waals surface area contributed by atoms with E-state index >= 15 is 0 Å². The van der Waals surface area contributed by atoms with E-state index in [1.165, 1.54) is 0 Å². The molecule has 1 aliphatic rings. The van der Waals surface area contributed by atoms with Crippen molar-refractivity contribution in [2.45, 2.75) is 18.8 Å². The van der Waals surface area contributed by atoms with Crippen molar-refractivity contribution in [3.8, 4) is 11.5 Å². The fraction of sp³-hybridized carbons (Fsp3) is 0.500. The van der Waals surface area contributed by atoms with Gasteiger partial charge in [0.15, 0.2) is 0 Å². The molecule has 0 aromatic heterocycles. The summed E-state index contributed by atoms with van der Waals surface area (Å²) in [6.45, 7) is 2.03. The maximum Gasteiger partial charge on any atom is 0.126 e. The lowest BCUT2D eigenvalue weighted by molar-refractivity contribution is 0.376. The van der Waals surface area contributed by atoms with Gasteiger partial charge in [0.2, 0.25) is 0 Å². The van der Waals surface area contributed by atoms with Crippen LogP contribution in [-0.2, 0) is 0 Å². The second kappa shape index (κ2) is 4.53. The van der Waals surface area contributed by atoms with Crippen LogP contribution in [0.2, 0.25) is 0 Å². The fourth-order valence-electron chi connectivity index (χ4n) is 2.23. The zero-order valence-corrected chi connectivity index (χ0v) is 8.99. The number of phenols is 1. The molecule has 2 rings (SSSR count). The number of phenolic OH excluding ortho intramolecular Hbond substituents is 1. The summed E-state index contributed by atoms with van der Waals surface area (Å²) in [5, 5.41) is 13.2. The van der Waals surface area contributed by atoms with Crippen molar-refractivity contribution in [3.63, 3.8) is 0 Å². The summed E-state index contributed by atoms with van der Waals surface area (Å²) >= 11 is 0. The molecule has 1 fully saturated rings. The van der Waals surface area contributed by atoms with E-state index in [0.29, 0.717) is 11.7 Å². The second-order valence-electron chi connectivity index (χ2n) is 3.92. The van der Waals surface area contributed by atoms with Gasteiger partial charge in [-0.3, -0.25) is 0 Å². The van der Waals surface area contributed by atoms with Crippen molar-refractivity contribution in [2.24, 2.45) is 0 Å². The number of aromatic hydroxyl groups is 1. The zero-order chi connectivity index (χ0) is 10.7. The van der Waals surface area contributed by atoms with Gasteiger partial charge in [0.25, 0.3) is 0 Å². The molecule has 0 unspecified atom stereocenters. The van der Waals surface area contributed by atoms with E-state index in [1.54, 1.807) is 13.2 Å². The molecule has 1 aromatic carbocycles. The van der Waals surface area contributed by atoms with E-state index in [-0.39, 0.29) is 0 Å². The Hall–Kier alpha value is -1.22. The summed E-state index contributed by atoms with van der Waals surface area (Å²) in [7, 11) is 1.65. The van der Waals surface area contributed by atoms with E-state index in [4.69, 9.17) is 4.74 Å². The van der Waals surface area contributed by atoms with Crippen LogP contribution in [0, 0.1) is 0 Å². The van der Waals surface area contributed by atoms with Gasteiger partial charge in [-0.25, -0.2) is 0 Å². The lowest BCUT2D eigenvalue weighted by Crippen LogP contribution is -2.26.